The van der Waals surface area contributed by atoms with E-state index in [9.17, 15) is 0 Å². The van der Waals surface area contributed by atoms with Crippen LogP contribution in [-0.2, 0) is 0 Å². The van der Waals surface area contributed by atoms with E-state index in [1.54, 1.807) is 0 Å². The van der Waals surface area contributed by atoms with Crippen LogP contribution >= 0.6 is 0 Å². The van der Waals surface area contributed by atoms with Crippen LogP contribution in [0.2, 0.25) is 0 Å². The predicted molar refractivity (Wildman–Crippen MR) is 65.1 cm³/mol. The molecule has 2 heteroatoms. The molecule has 0 aromatic carbocycles. The van der Waals surface area contributed by atoms with E-state index in [0.29, 0.717) is 5.54 Å². The molecule has 0 spiro atoms. The highest BCUT2D eigenvalue weighted by atomic mass is 15.2. The fourth-order valence-corrected chi connectivity index (χ4v) is 3.21. The molecule has 1 aliphatic heterocycles. The van der Waals surface area contributed by atoms with E-state index >= 15 is 0 Å². The van der Waals surface area contributed by atoms with Crippen LogP contribution in [-0.4, -0.2) is 36.6 Å². The molecule has 2 rings (SSSR count). The summed E-state index contributed by atoms with van der Waals surface area (Å²) in [7, 11) is 0. The van der Waals surface area contributed by atoms with E-state index in [0.717, 1.165) is 5.92 Å². The second-order valence-electron chi connectivity index (χ2n) is 5.81. The number of hydrogen-bond donors (Lipinski definition) is 1. The van der Waals surface area contributed by atoms with Crippen LogP contribution in [0, 0.1) is 5.92 Å². The molecule has 1 unspecified atom stereocenters. The smallest absolute Gasteiger partial charge is 0.0182 e. The van der Waals surface area contributed by atoms with Crippen LogP contribution in [0.5, 0.6) is 0 Å². The highest BCUT2D eigenvalue weighted by molar-refractivity contribution is 4.91. The lowest BCUT2D eigenvalue weighted by Crippen LogP contribution is -2.49. The van der Waals surface area contributed by atoms with Crippen molar-refractivity contribution in [3.05, 3.63) is 0 Å². The van der Waals surface area contributed by atoms with Crippen LogP contribution in [0.15, 0.2) is 0 Å². The molecular weight excluding hydrogens is 184 g/mol. The van der Waals surface area contributed by atoms with Crippen LogP contribution in [0.1, 0.15) is 46.0 Å². The Balaban J connectivity index is 1.99. The van der Waals surface area contributed by atoms with E-state index in [-0.39, 0.29) is 0 Å². The third kappa shape index (κ3) is 2.73. The molecule has 0 radical (unpaired) electrons. The molecule has 2 fully saturated rings. The van der Waals surface area contributed by atoms with Gasteiger partial charge in [-0.05, 0) is 32.2 Å². The van der Waals surface area contributed by atoms with E-state index in [2.05, 4.69) is 24.1 Å². The van der Waals surface area contributed by atoms with Crippen molar-refractivity contribution in [2.45, 2.75) is 51.5 Å². The van der Waals surface area contributed by atoms with Gasteiger partial charge in [0.05, 0.1) is 0 Å². The third-order valence-electron chi connectivity index (χ3n) is 4.28. The lowest BCUT2D eigenvalue weighted by molar-refractivity contribution is 0.0631. The average Bonchev–Trinajstić information content (AvgIpc) is 2.44. The lowest BCUT2D eigenvalue weighted by atomic mass is 9.81. The molecule has 88 valence electrons. The number of nitrogens with zero attached hydrogens (tertiary/aromatic N) is 1. The maximum atomic E-state index is 3.54. The largest absolute Gasteiger partial charge is 0.315 e. The molecule has 0 aromatic heterocycles. The summed E-state index contributed by atoms with van der Waals surface area (Å²) in [4.78, 5) is 2.76. The Labute approximate surface area is 94.4 Å². The maximum Gasteiger partial charge on any atom is 0.0182 e. The van der Waals surface area contributed by atoms with E-state index in [4.69, 9.17) is 0 Å². The van der Waals surface area contributed by atoms with Crippen LogP contribution in [0.25, 0.3) is 0 Å². The molecule has 2 nitrogen and oxygen atoms in total. The van der Waals surface area contributed by atoms with Crippen LogP contribution in [0.3, 0.4) is 0 Å². The molecule has 1 heterocycles. The molecular formula is C13H26N2. The summed E-state index contributed by atoms with van der Waals surface area (Å²) in [6.45, 7) is 9.79. The summed E-state index contributed by atoms with van der Waals surface area (Å²) in [6, 6.07) is 0. The quantitative estimate of drug-likeness (QED) is 0.714. The molecule has 1 saturated heterocycles. The highest BCUT2D eigenvalue weighted by Crippen LogP contribution is 2.33. The van der Waals surface area contributed by atoms with Gasteiger partial charge in [0.25, 0.3) is 0 Å². The molecule has 2 aliphatic rings. The first-order chi connectivity index (χ1) is 7.21. The molecule has 0 amide bonds. The van der Waals surface area contributed by atoms with Crippen molar-refractivity contribution in [1.29, 1.82) is 0 Å². The lowest BCUT2D eigenvalue weighted by Gasteiger charge is -2.44. The Bertz CT molecular complexity index is 197. The summed E-state index contributed by atoms with van der Waals surface area (Å²) in [5.41, 5.74) is 0.512. The van der Waals surface area contributed by atoms with Crippen molar-refractivity contribution in [2.24, 2.45) is 5.92 Å². The van der Waals surface area contributed by atoms with Crippen LogP contribution in [0.4, 0.5) is 0 Å². The minimum absolute atomic E-state index is 0.512. The first-order valence-electron chi connectivity index (χ1n) is 6.66. The Hall–Kier alpha value is -0.0800. The van der Waals surface area contributed by atoms with E-state index in [1.165, 1.54) is 58.3 Å². The van der Waals surface area contributed by atoms with Gasteiger partial charge in [0, 0.05) is 25.2 Å². The number of rotatable bonds is 1. The molecule has 15 heavy (non-hydrogen) atoms. The van der Waals surface area contributed by atoms with E-state index < -0.39 is 0 Å². The minimum atomic E-state index is 0.512. The zero-order chi connectivity index (χ0) is 10.7. The molecule has 1 saturated carbocycles. The second kappa shape index (κ2) is 4.84. The van der Waals surface area contributed by atoms with Gasteiger partial charge in [0.15, 0.2) is 0 Å². The summed E-state index contributed by atoms with van der Waals surface area (Å²) in [5, 5.41) is 3.54. The van der Waals surface area contributed by atoms with Gasteiger partial charge in [-0.1, -0.05) is 26.2 Å². The topological polar surface area (TPSA) is 15.3 Å². The first kappa shape index (κ1) is 11.4. The summed E-state index contributed by atoms with van der Waals surface area (Å²) < 4.78 is 0. The summed E-state index contributed by atoms with van der Waals surface area (Å²) in [5.74, 6) is 0.811. The van der Waals surface area contributed by atoms with Crippen molar-refractivity contribution in [3.8, 4) is 0 Å². The summed E-state index contributed by atoms with van der Waals surface area (Å²) in [6.07, 6.45) is 7.17. The fraction of sp³-hybridized carbons (Fsp3) is 1.00. The monoisotopic (exact) mass is 210 g/mol. The van der Waals surface area contributed by atoms with Crippen molar-refractivity contribution in [1.82, 2.24) is 10.2 Å². The number of nitrogens with one attached hydrogen (secondary N) is 1. The Morgan fingerprint density at radius 1 is 1.20 bits per heavy atom. The van der Waals surface area contributed by atoms with Crippen molar-refractivity contribution < 1.29 is 0 Å². The van der Waals surface area contributed by atoms with Gasteiger partial charge in [-0.15, -0.1) is 0 Å². The van der Waals surface area contributed by atoms with Gasteiger partial charge >= 0.3 is 0 Å². The molecule has 1 N–H and O–H groups in total. The highest BCUT2D eigenvalue weighted by Gasteiger charge is 2.34. The fourth-order valence-electron chi connectivity index (χ4n) is 3.21. The third-order valence-corrected chi connectivity index (χ3v) is 4.28. The first-order valence-corrected chi connectivity index (χ1v) is 6.66. The van der Waals surface area contributed by atoms with Crippen molar-refractivity contribution >= 4 is 0 Å². The maximum absolute atomic E-state index is 3.54. The van der Waals surface area contributed by atoms with Gasteiger partial charge in [-0.25, -0.2) is 0 Å². The van der Waals surface area contributed by atoms with Gasteiger partial charge in [0.1, 0.15) is 0 Å². The van der Waals surface area contributed by atoms with Crippen LogP contribution < -0.4 is 5.32 Å². The van der Waals surface area contributed by atoms with E-state index in [1.807, 2.05) is 0 Å². The second-order valence-corrected chi connectivity index (χ2v) is 5.81. The average molecular weight is 210 g/mol. The standard InChI is InChI=1S/C13H26N2/c1-12-10-14-8-9-15(11-12)13(2)6-4-3-5-7-13/h12,14H,3-11H2,1-2H3. The Morgan fingerprint density at radius 3 is 2.67 bits per heavy atom. The molecule has 1 atom stereocenters. The minimum Gasteiger partial charge on any atom is -0.315 e. The SMILES string of the molecule is CC1CNCCN(C2(C)CCCCC2)C1. The van der Waals surface area contributed by atoms with Gasteiger partial charge in [-0.2, -0.15) is 0 Å². The van der Waals surface area contributed by atoms with Gasteiger partial charge < -0.3 is 5.32 Å². The molecule has 0 bridgehead atoms. The molecule has 0 aromatic rings. The Kier molecular flexibility index (Phi) is 3.68. The zero-order valence-corrected chi connectivity index (χ0v) is 10.4. The Morgan fingerprint density at radius 2 is 1.93 bits per heavy atom. The number of hydrogen-bond acceptors (Lipinski definition) is 2. The summed E-state index contributed by atoms with van der Waals surface area (Å²) >= 11 is 0. The van der Waals surface area contributed by atoms with Gasteiger partial charge in [-0.3, -0.25) is 4.90 Å². The predicted octanol–water partition coefficient (Wildman–Crippen LogP) is 2.25. The van der Waals surface area contributed by atoms with Crippen molar-refractivity contribution in [3.63, 3.8) is 0 Å². The van der Waals surface area contributed by atoms with Gasteiger partial charge in [0.2, 0.25) is 0 Å². The normalized spacial score (nSPS) is 33.6. The zero-order valence-electron chi connectivity index (χ0n) is 10.4. The molecule has 1 aliphatic carbocycles. The van der Waals surface area contributed by atoms with Crippen molar-refractivity contribution in [2.75, 3.05) is 26.2 Å².